The summed E-state index contributed by atoms with van der Waals surface area (Å²) >= 11 is 6.15. The zero-order valence-corrected chi connectivity index (χ0v) is 17.3. The van der Waals surface area contributed by atoms with E-state index in [4.69, 9.17) is 21.1 Å². The first kappa shape index (κ1) is 21.2. The average Bonchev–Trinajstić information content (AvgIpc) is 3.22. The van der Waals surface area contributed by atoms with Crippen LogP contribution < -0.4 is 20.3 Å². The molecule has 8 nitrogen and oxygen atoms in total. The van der Waals surface area contributed by atoms with Crippen LogP contribution in [0, 0.1) is 0 Å². The molecule has 2 amide bonds. The number of amides is 2. The molecule has 0 spiro atoms. The molecule has 0 aliphatic rings. The molecule has 1 heterocycles. The molecule has 30 heavy (non-hydrogen) atoms. The Kier molecular flexibility index (Phi) is 6.92. The molecule has 0 bridgehead atoms. The van der Waals surface area contributed by atoms with E-state index in [1.807, 2.05) is 25.1 Å². The summed E-state index contributed by atoms with van der Waals surface area (Å²) in [4.78, 5) is 24.7. The lowest BCUT2D eigenvalue weighted by atomic mass is 10.2. The summed E-state index contributed by atoms with van der Waals surface area (Å²) in [6.45, 7) is 2.75. The standard InChI is InChI=1S/C21H21ClN4O4/c1-3-30-18-9-8-14(10-19(18)29-2)20(27)24-25-21(28)16-11-23-26(13-16)12-15-6-4-5-7-17(15)22/h4-11,13H,3,12H2,1-2H3,(H,24,27)(H,25,28). The summed E-state index contributed by atoms with van der Waals surface area (Å²) < 4.78 is 12.3. The summed E-state index contributed by atoms with van der Waals surface area (Å²) in [5.74, 6) is -0.0250. The van der Waals surface area contributed by atoms with Crippen molar-refractivity contribution in [3.05, 3.63) is 76.6 Å². The summed E-state index contributed by atoms with van der Waals surface area (Å²) in [5.41, 5.74) is 6.24. The molecule has 0 fully saturated rings. The number of hydrogen-bond acceptors (Lipinski definition) is 5. The quantitative estimate of drug-likeness (QED) is 0.564. The van der Waals surface area contributed by atoms with E-state index >= 15 is 0 Å². The third kappa shape index (κ3) is 5.09. The van der Waals surface area contributed by atoms with E-state index in [1.165, 1.54) is 19.4 Å². The molecule has 1 aromatic heterocycles. The number of hydrazine groups is 1. The number of ether oxygens (including phenoxy) is 2. The van der Waals surface area contributed by atoms with E-state index in [0.717, 1.165) is 5.56 Å². The highest BCUT2D eigenvalue weighted by atomic mass is 35.5. The monoisotopic (exact) mass is 428 g/mol. The van der Waals surface area contributed by atoms with Gasteiger partial charge in [-0.05, 0) is 36.8 Å². The third-order valence-corrected chi connectivity index (χ3v) is 4.57. The van der Waals surface area contributed by atoms with Crippen LogP contribution in [0.2, 0.25) is 5.02 Å². The number of nitrogens with zero attached hydrogens (tertiary/aromatic N) is 2. The van der Waals surface area contributed by atoms with Crippen molar-refractivity contribution in [3.63, 3.8) is 0 Å². The highest BCUT2D eigenvalue weighted by Gasteiger charge is 2.14. The number of carbonyl (C=O) groups is 2. The molecular formula is C21H21ClN4O4. The zero-order chi connectivity index (χ0) is 21.5. The highest BCUT2D eigenvalue weighted by molar-refractivity contribution is 6.31. The fourth-order valence-corrected chi connectivity index (χ4v) is 2.91. The maximum atomic E-state index is 12.3. The van der Waals surface area contributed by atoms with Crippen molar-refractivity contribution < 1.29 is 19.1 Å². The Morgan fingerprint density at radius 3 is 2.50 bits per heavy atom. The van der Waals surface area contributed by atoms with Crippen LogP contribution in [0.5, 0.6) is 11.5 Å². The second-order valence-corrected chi connectivity index (χ2v) is 6.63. The lowest BCUT2D eigenvalue weighted by Gasteiger charge is -2.11. The number of aromatic nitrogens is 2. The van der Waals surface area contributed by atoms with Gasteiger partial charge < -0.3 is 9.47 Å². The van der Waals surface area contributed by atoms with Gasteiger partial charge in [0.05, 0.1) is 32.0 Å². The van der Waals surface area contributed by atoms with Crippen LogP contribution in [0.3, 0.4) is 0 Å². The Balaban J connectivity index is 1.60. The number of methoxy groups -OCH3 is 1. The average molecular weight is 429 g/mol. The van der Waals surface area contributed by atoms with Crippen molar-refractivity contribution in [1.29, 1.82) is 0 Å². The van der Waals surface area contributed by atoms with E-state index in [-0.39, 0.29) is 0 Å². The molecule has 0 aliphatic carbocycles. The van der Waals surface area contributed by atoms with Gasteiger partial charge in [-0.15, -0.1) is 0 Å². The van der Waals surface area contributed by atoms with Crippen LogP contribution in [0.4, 0.5) is 0 Å². The predicted molar refractivity (Wildman–Crippen MR) is 112 cm³/mol. The maximum absolute atomic E-state index is 12.3. The second kappa shape index (κ2) is 9.80. The van der Waals surface area contributed by atoms with Crippen LogP contribution in [-0.2, 0) is 6.54 Å². The van der Waals surface area contributed by atoms with E-state index < -0.39 is 11.8 Å². The minimum atomic E-state index is -0.494. The molecular weight excluding hydrogens is 408 g/mol. The lowest BCUT2D eigenvalue weighted by molar-refractivity contribution is 0.0846. The minimum absolute atomic E-state index is 0.298. The van der Waals surface area contributed by atoms with E-state index in [0.29, 0.717) is 40.8 Å². The van der Waals surface area contributed by atoms with Gasteiger partial charge in [0.2, 0.25) is 0 Å². The fourth-order valence-electron chi connectivity index (χ4n) is 2.71. The number of nitrogens with one attached hydrogen (secondary N) is 2. The van der Waals surface area contributed by atoms with Gasteiger partial charge in [0.15, 0.2) is 11.5 Å². The normalized spacial score (nSPS) is 10.4. The Morgan fingerprint density at radius 2 is 1.80 bits per heavy atom. The Hall–Kier alpha value is -3.52. The van der Waals surface area contributed by atoms with Crippen molar-refractivity contribution in [2.75, 3.05) is 13.7 Å². The van der Waals surface area contributed by atoms with Crippen LogP contribution in [0.25, 0.3) is 0 Å². The topological polar surface area (TPSA) is 94.5 Å². The largest absolute Gasteiger partial charge is 0.493 e. The maximum Gasteiger partial charge on any atom is 0.272 e. The third-order valence-electron chi connectivity index (χ3n) is 4.20. The molecule has 0 aliphatic heterocycles. The van der Waals surface area contributed by atoms with E-state index in [2.05, 4.69) is 16.0 Å². The number of hydrogen-bond donors (Lipinski definition) is 2. The molecule has 2 aromatic carbocycles. The van der Waals surface area contributed by atoms with Crippen molar-refractivity contribution >= 4 is 23.4 Å². The summed E-state index contributed by atoms with van der Waals surface area (Å²) in [6.07, 6.45) is 2.99. The van der Waals surface area contributed by atoms with Gasteiger partial charge in [0.1, 0.15) is 0 Å². The first-order chi connectivity index (χ1) is 14.5. The van der Waals surface area contributed by atoms with E-state index in [1.54, 1.807) is 29.1 Å². The first-order valence-electron chi connectivity index (χ1n) is 9.19. The molecule has 0 saturated heterocycles. The van der Waals surface area contributed by atoms with Crippen LogP contribution in [-0.4, -0.2) is 35.3 Å². The van der Waals surface area contributed by atoms with Gasteiger partial charge >= 0.3 is 0 Å². The van der Waals surface area contributed by atoms with Crippen molar-refractivity contribution in [3.8, 4) is 11.5 Å². The molecule has 3 rings (SSSR count). The zero-order valence-electron chi connectivity index (χ0n) is 16.5. The number of carbonyl (C=O) groups excluding carboxylic acids is 2. The molecule has 2 N–H and O–H groups in total. The number of rotatable bonds is 7. The molecule has 0 atom stereocenters. The van der Waals surface area contributed by atoms with Crippen LogP contribution in [0.15, 0.2) is 54.9 Å². The van der Waals surface area contributed by atoms with Gasteiger partial charge in [-0.1, -0.05) is 29.8 Å². The summed E-state index contributed by atoms with van der Waals surface area (Å²) in [5, 5.41) is 4.79. The fraction of sp³-hybridized carbons (Fsp3) is 0.190. The molecule has 0 saturated carbocycles. The molecule has 9 heteroatoms. The number of benzene rings is 2. The Bertz CT molecular complexity index is 1050. The Labute approximate surface area is 178 Å². The molecule has 3 aromatic rings. The van der Waals surface area contributed by atoms with Gasteiger partial charge in [0.25, 0.3) is 11.8 Å². The van der Waals surface area contributed by atoms with Crippen LogP contribution in [0.1, 0.15) is 33.2 Å². The van der Waals surface area contributed by atoms with Crippen molar-refractivity contribution in [1.82, 2.24) is 20.6 Å². The summed E-state index contributed by atoms with van der Waals surface area (Å²) in [6, 6.07) is 12.2. The lowest BCUT2D eigenvalue weighted by Crippen LogP contribution is -2.41. The minimum Gasteiger partial charge on any atom is -0.493 e. The Morgan fingerprint density at radius 1 is 1.07 bits per heavy atom. The number of halogens is 1. The molecule has 0 radical (unpaired) electrons. The van der Waals surface area contributed by atoms with Gasteiger partial charge in [-0.3, -0.25) is 25.1 Å². The van der Waals surface area contributed by atoms with Crippen molar-refractivity contribution in [2.45, 2.75) is 13.5 Å². The van der Waals surface area contributed by atoms with Gasteiger partial charge in [-0.25, -0.2) is 0 Å². The SMILES string of the molecule is CCOc1ccc(C(=O)NNC(=O)c2cnn(Cc3ccccc3Cl)c2)cc1OC. The van der Waals surface area contributed by atoms with E-state index in [9.17, 15) is 9.59 Å². The molecule has 156 valence electrons. The first-order valence-corrected chi connectivity index (χ1v) is 9.57. The van der Waals surface area contributed by atoms with Gasteiger partial charge in [-0.2, -0.15) is 5.10 Å². The van der Waals surface area contributed by atoms with Gasteiger partial charge in [0, 0.05) is 16.8 Å². The smallest absolute Gasteiger partial charge is 0.272 e. The van der Waals surface area contributed by atoms with Crippen molar-refractivity contribution in [2.24, 2.45) is 0 Å². The highest BCUT2D eigenvalue weighted by Crippen LogP contribution is 2.27. The molecule has 0 unspecified atom stereocenters. The summed E-state index contributed by atoms with van der Waals surface area (Å²) in [7, 11) is 1.49. The van der Waals surface area contributed by atoms with Crippen LogP contribution >= 0.6 is 11.6 Å². The predicted octanol–water partition coefficient (Wildman–Crippen LogP) is 3.07. The second-order valence-electron chi connectivity index (χ2n) is 6.22.